The molecule has 2 aromatic carbocycles. The van der Waals surface area contributed by atoms with Gasteiger partial charge in [0.15, 0.2) is 0 Å². The molecule has 0 radical (unpaired) electrons. The van der Waals surface area contributed by atoms with E-state index < -0.39 is 12.0 Å². The number of unbranched alkanes of at least 4 members (excludes halogenated alkanes) is 2. The number of nitrogens with zero attached hydrogens (tertiary/aromatic N) is 3. The highest BCUT2D eigenvalue weighted by Gasteiger charge is 2.20. The van der Waals surface area contributed by atoms with Gasteiger partial charge in [-0.15, -0.1) is 0 Å². The molecule has 0 saturated carbocycles. The zero-order valence-corrected chi connectivity index (χ0v) is 19.7. The molecule has 0 fully saturated rings. The van der Waals surface area contributed by atoms with Gasteiger partial charge in [0.1, 0.15) is 0 Å². The third-order valence-corrected chi connectivity index (χ3v) is 5.23. The number of hydrogen-bond acceptors (Lipinski definition) is 4. The zero-order valence-electron chi connectivity index (χ0n) is 19.7. The maximum Gasteiger partial charge on any atom is 0.340 e. The Hall–Kier alpha value is -3.61. The lowest BCUT2D eigenvalue weighted by molar-refractivity contribution is -0.131. The maximum atomic E-state index is 12.5. The van der Waals surface area contributed by atoms with Crippen LogP contribution in [0.15, 0.2) is 59.7 Å². The molecule has 0 atom stereocenters. The van der Waals surface area contributed by atoms with Crippen molar-refractivity contribution in [3.63, 3.8) is 0 Å². The highest BCUT2D eigenvalue weighted by Crippen LogP contribution is 2.34. The Labute approximate surface area is 196 Å². The van der Waals surface area contributed by atoms with Gasteiger partial charge in [-0.3, -0.25) is 0 Å². The van der Waals surface area contributed by atoms with E-state index in [-0.39, 0.29) is 0 Å². The lowest BCUT2D eigenvalue weighted by Crippen LogP contribution is -2.34. The molecule has 0 bridgehead atoms. The van der Waals surface area contributed by atoms with E-state index in [1.165, 1.54) is 5.01 Å². The highest BCUT2D eigenvalue weighted by molar-refractivity contribution is 5.98. The molecule has 0 aliphatic carbocycles. The van der Waals surface area contributed by atoms with E-state index in [0.29, 0.717) is 16.8 Å². The first-order valence-corrected chi connectivity index (χ1v) is 11.4. The molecule has 0 unspecified atom stereocenters. The highest BCUT2D eigenvalue weighted by atomic mass is 16.4. The van der Waals surface area contributed by atoms with Gasteiger partial charge in [-0.1, -0.05) is 63.1 Å². The van der Waals surface area contributed by atoms with Crippen molar-refractivity contribution < 1.29 is 14.7 Å². The van der Waals surface area contributed by atoms with Crippen LogP contribution in [-0.4, -0.2) is 36.4 Å². The monoisotopic (exact) mass is 450 g/mol. The van der Waals surface area contributed by atoms with Crippen LogP contribution in [0.2, 0.25) is 0 Å². The molecule has 0 heterocycles. The quantitative estimate of drug-likeness (QED) is 0.253. The van der Waals surface area contributed by atoms with Crippen molar-refractivity contribution in [2.24, 2.45) is 10.8 Å². The molecule has 0 aliphatic heterocycles. The van der Waals surface area contributed by atoms with Crippen LogP contribution < -0.4 is 15.6 Å². The van der Waals surface area contributed by atoms with Gasteiger partial charge in [-0.05, 0) is 48.6 Å². The molecule has 0 saturated heterocycles. The van der Waals surface area contributed by atoms with Crippen molar-refractivity contribution in [1.82, 2.24) is 0 Å². The largest absolute Gasteiger partial charge is 0.478 e. The fourth-order valence-corrected chi connectivity index (χ4v) is 3.43. The minimum absolute atomic E-state index is 0.525. The smallest absolute Gasteiger partial charge is 0.340 e. The van der Waals surface area contributed by atoms with Gasteiger partial charge >= 0.3 is 12.0 Å². The summed E-state index contributed by atoms with van der Waals surface area (Å²) < 4.78 is 0. The second kappa shape index (κ2) is 13.1. The average Bonchev–Trinajstić information content (AvgIpc) is 2.79. The third kappa shape index (κ3) is 7.79. The summed E-state index contributed by atoms with van der Waals surface area (Å²) in [5.74, 6) is -1.03. The minimum Gasteiger partial charge on any atom is -0.478 e. The van der Waals surface area contributed by atoms with E-state index in [4.69, 9.17) is 10.8 Å². The van der Waals surface area contributed by atoms with Crippen molar-refractivity contribution in [3.8, 4) is 0 Å². The van der Waals surface area contributed by atoms with Crippen LogP contribution in [0.5, 0.6) is 0 Å². The summed E-state index contributed by atoms with van der Waals surface area (Å²) in [6.45, 7) is 7.67. The van der Waals surface area contributed by atoms with Gasteiger partial charge in [0.05, 0.1) is 17.6 Å². The van der Waals surface area contributed by atoms with Crippen LogP contribution in [0.3, 0.4) is 0 Å². The zero-order chi connectivity index (χ0) is 24.2. The SMILES string of the molecule is CCCCN(CCCC)c1ccc(/C(C)=C/C(=O)O)cc1N(/N=C/c1ccccc1)C(N)=O. The summed E-state index contributed by atoms with van der Waals surface area (Å²) >= 11 is 0. The first-order valence-electron chi connectivity index (χ1n) is 11.4. The summed E-state index contributed by atoms with van der Waals surface area (Å²) in [5.41, 5.74) is 9.21. The Morgan fingerprint density at radius 2 is 1.64 bits per heavy atom. The molecule has 7 nitrogen and oxygen atoms in total. The number of rotatable bonds is 12. The molecule has 0 aromatic heterocycles. The van der Waals surface area contributed by atoms with Crippen LogP contribution in [0.25, 0.3) is 5.57 Å². The van der Waals surface area contributed by atoms with E-state index in [9.17, 15) is 9.59 Å². The van der Waals surface area contributed by atoms with Crippen molar-refractivity contribution in [1.29, 1.82) is 0 Å². The lowest BCUT2D eigenvalue weighted by atomic mass is 10.0. The Morgan fingerprint density at radius 3 is 2.18 bits per heavy atom. The van der Waals surface area contributed by atoms with E-state index in [0.717, 1.165) is 56.1 Å². The van der Waals surface area contributed by atoms with Crippen molar-refractivity contribution in [2.45, 2.75) is 46.5 Å². The first kappa shape index (κ1) is 25.6. The van der Waals surface area contributed by atoms with Crippen molar-refractivity contribution in [2.75, 3.05) is 23.0 Å². The van der Waals surface area contributed by atoms with Crippen LogP contribution in [0.1, 0.15) is 57.6 Å². The van der Waals surface area contributed by atoms with E-state index in [1.807, 2.05) is 42.5 Å². The summed E-state index contributed by atoms with van der Waals surface area (Å²) in [7, 11) is 0. The van der Waals surface area contributed by atoms with Crippen LogP contribution in [0, 0.1) is 0 Å². The third-order valence-electron chi connectivity index (χ3n) is 5.23. The second-order valence-corrected chi connectivity index (χ2v) is 7.87. The molecule has 2 amide bonds. The van der Waals surface area contributed by atoms with Crippen LogP contribution in [-0.2, 0) is 4.79 Å². The topological polar surface area (TPSA) is 99.2 Å². The van der Waals surface area contributed by atoms with Gasteiger partial charge < -0.3 is 15.7 Å². The predicted octanol–water partition coefficient (Wildman–Crippen LogP) is 5.50. The Balaban J connectivity index is 2.61. The lowest BCUT2D eigenvalue weighted by Gasteiger charge is -2.29. The predicted molar refractivity (Wildman–Crippen MR) is 136 cm³/mol. The number of aliphatic carboxylic acids is 1. The molecule has 2 rings (SSSR count). The average molecular weight is 451 g/mol. The van der Waals surface area contributed by atoms with Gasteiger partial charge in [0.2, 0.25) is 0 Å². The van der Waals surface area contributed by atoms with Crippen LogP contribution in [0.4, 0.5) is 16.2 Å². The molecule has 0 spiro atoms. The minimum atomic E-state index is -1.03. The number of carbonyl (C=O) groups is 2. The van der Waals surface area contributed by atoms with Gasteiger partial charge in [0.25, 0.3) is 0 Å². The Kier molecular flexibility index (Phi) is 10.1. The summed E-state index contributed by atoms with van der Waals surface area (Å²) in [6.07, 6.45) is 6.83. The molecule has 2 aromatic rings. The maximum absolute atomic E-state index is 12.5. The number of amides is 2. The van der Waals surface area contributed by atoms with E-state index >= 15 is 0 Å². The van der Waals surface area contributed by atoms with E-state index in [2.05, 4.69) is 23.8 Å². The van der Waals surface area contributed by atoms with Crippen molar-refractivity contribution >= 4 is 35.2 Å². The van der Waals surface area contributed by atoms with Gasteiger partial charge in [-0.2, -0.15) is 10.1 Å². The summed E-state index contributed by atoms with van der Waals surface area (Å²) in [5, 5.41) is 14.8. The van der Waals surface area contributed by atoms with Crippen molar-refractivity contribution in [3.05, 3.63) is 65.7 Å². The number of hydrogen-bond donors (Lipinski definition) is 2. The molecule has 7 heteroatoms. The number of primary amides is 1. The number of anilines is 2. The second-order valence-electron chi connectivity index (χ2n) is 7.87. The van der Waals surface area contributed by atoms with Gasteiger partial charge in [0, 0.05) is 19.2 Å². The number of carboxylic acid groups (broad SMARTS) is 1. The number of nitrogens with two attached hydrogens (primary N) is 1. The summed E-state index contributed by atoms with van der Waals surface area (Å²) in [4.78, 5) is 25.9. The Morgan fingerprint density at radius 1 is 1.00 bits per heavy atom. The number of allylic oxidation sites excluding steroid dienone is 1. The number of hydrazone groups is 1. The molecular formula is C26H34N4O3. The molecule has 176 valence electrons. The number of carbonyl (C=O) groups excluding carboxylic acids is 1. The van der Waals surface area contributed by atoms with Gasteiger partial charge in [-0.25, -0.2) is 9.59 Å². The fourth-order valence-electron chi connectivity index (χ4n) is 3.43. The number of carboxylic acids is 1. The molecule has 3 N–H and O–H groups in total. The molecule has 33 heavy (non-hydrogen) atoms. The number of urea groups is 1. The first-order chi connectivity index (χ1) is 15.9. The normalized spacial score (nSPS) is 11.5. The standard InChI is InChI=1S/C26H34N4O3/c1-4-6-15-29(16-7-5-2)23-14-13-22(20(3)17-25(31)32)18-24(23)30(26(27)33)28-19-21-11-9-8-10-12-21/h8-14,17-19H,4-7,15-16H2,1-3H3,(H2,27,33)(H,31,32)/b20-17+,28-19+. The molecule has 0 aliphatic rings. The van der Waals surface area contributed by atoms with E-state index in [1.54, 1.807) is 19.2 Å². The number of benzene rings is 2. The van der Waals surface area contributed by atoms with Crippen LogP contribution >= 0.6 is 0 Å². The Bertz CT molecular complexity index is 978. The fraction of sp³-hybridized carbons (Fsp3) is 0.346. The summed E-state index contributed by atoms with van der Waals surface area (Å²) in [6, 6.07) is 14.3. The molecular weight excluding hydrogens is 416 g/mol.